The van der Waals surface area contributed by atoms with Gasteiger partial charge in [0.2, 0.25) is 5.76 Å². The number of ether oxygens (including phenoxy) is 2. The lowest BCUT2D eigenvalue weighted by atomic mass is 10.0. The molecule has 1 unspecified atom stereocenters. The Labute approximate surface area is 124 Å². The third kappa shape index (κ3) is 2.39. The Bertz CT molecular complexity index is 591. The van der Waals surface area contributed by atoms with E-state index in [-0.39, 0.29) is 11.9 Å². The van der Waals surface area contributed by atoms with Crippen molar-refractivity contribution in [2.75, 3.05) is 19.8 Å². The first-order valence-electron chi connectivity index (χ1n) is 7.35. The summed E-state index contributed by atoms with van der Waals surface area (Å²) in [7, 11) is 1.94. The summed E-state index contributed by atoms with van der Waals surface area (Å²) in [5.74, 6) is 0.229. The van der Waals surface area contributed by atoms with Gasteiger partial charge in [-0.15, -0.1) is 0 Å². The normalized spacial score (nSPS) is 21.8. The van der Waals surface area contributed by atoms with Crippen LogP contribution < -0.4 is 0 Å². The van der Waals surface area contributed by atoms with Gasteiger partial charge in [0.1, 0.15) is 19.5 Å². The van der Waals surface area contributed by atoms with E-state index in [0.717, 1.165) is 30.8 Å². The fourth-order valence-corrected chi connectivity index (χ4v) is 3.20. The van der Waals surface area contributed by atoms with E-state index in [1.807, 2.05) is 23.6 Å². The molecule has 3 heterocycles. The van der Waals surface area contributed by atoms with E-state index in [1.54, 1.807) is 0 Å². The minimum Gasteiger partial charge on any atom is -0.494 e. The molecule has 1 aromatic heterocycles. The second-order valence-corrected chi connectivity index (χ2v) is 5.57. The van der Waals surface area contributed by atoms with Gasteiger partial charge in [0, 0.05) is 24.8 Å². The summed E-state index contributed by atoms with van der Waals surface area (Å²) in [5.41, 5.74) is 3.28. The van der Waals surface area contributed by atoms with Gasteiger partial charge in [-0.1, -0.05) is 0 Å². The summed E-state index contributed by atoms with van der Waals surface area (Å²) in [6.07, 6.45) is 3.40. The van der Waals surface area contributed by atoms with Gasteiger partial charge in [0.05, 0.1) is 11.7 Å². The minimum absolute atomic E-state index is 0.0811. The molecule has 0 aromatic carbocycles. The fourth-order valence-electron chi connectivity index (χ4n) is 3.20. The summed E-state index contributed by atoms with van der Waals surface area (Å²) in [5, 5.41) is 4.47. The third-order valence-electron chi connectivity index (χ3n) is 4.27. The lowest BCUT2D eigenvalue weighted by Gasteiger charge is -2.27. The van der Waals surface area contributed by atoms with Crippen molar-refractivity contribution in [2.24, 2.45) is 7.05 Å². The maximum atomic E-state index is 12.6. The van der Waals surface area contributed by atoms with E-state index in [4.69, 9.17) is 9.47 Å². The molecule has 114 valence electrons. The van der Waals surface area contributed by atoms with Gasteiger partial charge in [-0.25, -0.2) is 0 Å². The number of aryl methyl sites for hydroxylation is 2. The average molecular weight is 291 g/mol. The van der Waals surface area contributed by atoms with Crippen molar-refractivity contribution in [1.29, 1.82) is 0 Å². The molecule has 0 radical (unpaired) electrons. The molecule has 6 nitrogen and oxygen atoms in total. The fraction of sp³-hybridized carbons (Fsp3) is 0.600. The second kappa shape index (κ2) is 5.42. The van der Waals surface area contributed by atoms with Gasteiger partial charge in [0.15, 0.2) is 0 Å². The molecule has 0 saturated carbocycles. The molecule has 21 heavy (non-hydrogen) atoms. The highest BCUT2D eigenvalue weighted by molar-refractivity contribution is 5.91. The van der Waals surface area contributed by atoms with E-state index in [9.17, 15) is 4.79 Å². The van der Waals surface area contributed by atoms with Crippen LogP contribution in [0.15, 0.2) is 12.0 Å². The highest BCUT2D eigenvalue weighted by atomic mass is 16.6. The number of nitrogens with zero attached hydrogens (tertiary/aromatic N) is 3. The monoisotopic (exact) mass is 291 g/mol. The Hall–Kier alpha value is -1.98. The van der Waals surface area contributed by atoms with Gasteiger partial charge >= 0.3 is 0 Å². The summed E-state index contributed by atoms with van der Waals surface area (Å²) < 4.78 is 12.5. The van der Waals surface area contributed by atoms with Crippen LogP contribution >= 0.6 is 0 Å². The molecular formula is C15H21N3O3. The van der Waals surface area contributed by atoms with Crippen LogP contribution in [0.3, 0.4) is 0 Å². The van der Waals surface area contributed by atoms with Crippen molar-refractivity contribution in [2.45, 2.75) is 32.7 Å². The first kappa shape index (κ1) is 14.0. The molecule has 1 saturated heterocycles. The van der Waals surface area contributed by atoms with Gasteiger partial charge in [-0.3, -0.25) is 9.48 Å². The summed E-state index contributed by atoms with van der Waals surface area (Å²) in [6, 6.07) is 0.0811. The number of rotatable bonds is 2. The lowest BCUT2D eigenvalue weighted by molar-refractivity contribution is -0.133. The van der Waals surface area contributed by atoms with Crippen LogP contribution in [0.4, 0.5) is 0 Å². The SMILES string of the molecule is Cc1nn(C)c(C)c1C1CCCN1C(=O)C1=COCCO1. The quantitative estimate of drug-likeness (QED) is 0.830. The molecule has 2 aliphatic heterocycles. The second-order valence-electron chi connectivity index (χ2n) is 5.57. The minimum atomic E-state index is -0.0835. The molecule has 0 spiro atoms. The number of amides is 1. The highest BCUT2D eigenvalue weighted by Crippen LogP contribution is 2.36. The molecular weight excluding hydrogens is 270 g/mol. The first-order chi connectivity index (χ1) is 10.1. The van der Waals surface area contributed by atoms with E-state index in [0.29, 0.717) is 19.0 Å². The molecule has 3 rings (SSSR count). The standard InChI is InChI=1S/C15H21N3O3/c1-10-14(11(2)17(3)16-10)12-5-4-6-18(12)15(19)13-9-20-7-8-21-13/h9,12H,4-8H2,1-3H3. The smallest absolute Gasteiger partial charge is 0.292 e. The lowest BCUT2D eigenvalue weighted by Crippen LogP contribution is -2.34. The highest BCUT2D eigenvalue weighted by Gasteiger charge is 2.35. The van der Waals surface area contributed by atoms with Crippen LogP contribution in [0.1, 0.15) is 35.8 Å². The van der Waals surface area contributed by atoms with Gasteiger partial charge < -0.3 is 14.4 Å². The van der Waals surface area contributed by atoms with Crippen molar-refractivity contribution >= 4 is 5.91 Å². The number of hydrogen-bond acceptors (Lipinski definition) is 4. The first-order valence-corrected chi connectivity index (χ1v) is 7.35. The molecule has 0 N–H and O–H groups in total. The predicted octanol–water partition coefficient (Wildman–Crippen LogP) is 1.59. The van der Waals surface area contributed by atoms with E-state index < -0.39 is 0 Å². The van der Waals surface area contributed by atoms with Crippen LogP contribution in [-0.2, 0) is 21.3 Å². The van der Waals surface area contributed by atoms with Crippen molar-refractivity contribution in [3.8, 4) is 0 Å². The Morgan fingerprint density at radius 2 is 2.19 bits per heavy atom. The maximum absolute atomic E-state index is 12.6. The Morgan fingerprint density at radius 1 is 1.38 bits per heavy atom. The van der Waals surface area contributed by atoms with E-state index in [2.05, 4.69) is 12.0 Å². The van der Waals surface area contributed by atoms with Gasteiger partial charge in [-0.05, 0) is 26.7 Å². The zero-order valence-corrected chi connectivity index (χ0v) is 12.8. The van der Waals surface area contributed by atoms with E-state index in [1.165, 1.54) is 11.8 Å². The number of hydrogen-bond donors (Lipinski definition) is 0. The number of carbonyl (C=O) groups excluding carboxylic acids is 1. The van der Waals surface area contributed by atoms with Crippen LogP contribution in [0.25, 0.3) is 0 Å². The molecule has 6 heteroatoms. The average Bonchev–Trinajstić information content (AvgIpc) is 3.05. The zero-order chi connectivity index (χ0) is 15.0. The van der Waals surface area contributed by atoms with Gasteiger partial charge in [-0.2, -0.15) is 5.10 Å². The Morgan fingerprint density at radius 3 is 2.81 bits per heavy atom. The molecule has 1 aromatic rings. The molecule has 2 aliphatic rings. The largest absolute Gasteiger partial charge is 0.494 e. The third-order valence-corrected chi connectivity index (χ3v) is 4.27. The van der Waals surface area contributed by atoms with Crippen LogP contribution in [0, 0.1) is 13.8 Å². The van der Waals surface area contributed by atoms with Crippen molar-refractivity contribution < 1.29 is 14.3 Å². The molecule has 0 aliphatic carbocycles. The molecule has 1 atom stereocenters. The molecule has 0 bridgehead atoms. The zero-order valence-electron chi connectivity index (χ0n) is 12.8. The Balaban J connectivity index is 1.88. The van der Waals surface area contributed by atoms with Crippen LogP contribution in [0.5, 0.6) is 0 Å². The predicted molar refractivity (Wildman–Crippen MR) is 76.4 cm³/mol. The summed E-state index contributed by atoms with van der Waals surface area (Å²) in [6.45, 7) is 5.73. The molecule has 1 fully saturated rings. The van der Waals surface area contributed by atoms with Crippen LogP contribution in [-0.4, -0.2) is 40.3 Å². The van der Waals surface area contributed by atoms with Gasteiger partial charge in [0.25, 0.3) is 5.91 Å². The molecule has 1 amide bonds. The van der Waals surface area contributed by atoms with Crippen molar-refractivity contribution in [3.05, 3.63) is 29.0 Å². The summed E-state index contributed by atoms with van der Waals surface area (Å²) in [4.78, 5) is 14.5. The number of likely N-dealkylation sites (tertiary alicyclic amines) is 1. The number of aromatic nitrogens is 2. The van der Waals surface area contributed by atoms with Crippen molar-refractivity contribution in [1.82, 2.24) is 14.7 Å². The summed E-state index contributed by atoms with van der Waals surface area (Å²) >= 11 is 0. The maximum Gasteiger partial charge on any atom is 0.292 e. The van der Waals surface area contributed by atoms with E-state index >= 15 is 0 Å². The van der Waals surface area contributed by atoms with Crippen molar-refractivity contribution in [3.63, 3.8) is 0 Å². The Kier molecular flexibility index (Phi) is 3.61. The number of carbonyl (C=O) groups is 1. The topological polar surface area (TPSA) is 56.6 Å². The van der Waals surface area contributed by atoms with Crippen LogP contribution in [0.2, 0.25) is 0 Å².